The molecule has 9 heteroatoms. The maximum Gasteiger partial charge on any atom is 0.254 e. The van der Waals surface area contributed by atoms with Crippen molar-refractivity contribution in [3.05, 3.63) is 66.1 Å². The Bertz CT molecular complexity index is 1060. The van der Waals surface area contributed by atoms with E-state index in [9.17, 15) is 14.3 Å². The van der Waals surface area contributed by atoms with Crippen LogP contribution in [0.25, 0.3) is 0 Å². The van der Waals surface area contributed by atoms with Gasteiger partial charge in [-0.3, -0.25) is 4.79 Å². The van der Waals surface area contributed by atoms with Gasteiger partial charge in [0, 0.05) is 36.1 Å². The molecule has 0 radical (unpaired) electrons. The molecule has 1 aliphatic heterocycles. The molecule has 30 heavy (non-hydrogen) atoms. The Kier molecular flexibility index (Phi) is 5.71. The van der Waals surface area contributed by atoms with Crippen LogP contribution in [0.2, 0.25) is 0 Å². The Balaban J connectivity index is 1.51. The highest BCUT2D eigenvalue weighted by Gasteiger charge is 2.18. The third-order valence-corrected chi connectivity index (χ3v) is 4.52. The summed E-state index contributed by atoms with van der Waals surface area (Å²) in [5.41, 5.74) is 1.61. The van der Waals surface area contributed by atoms with Gasteiger partial charge >= 0.3 is 0 Å². The van der Waals surface area contributed by atoms with E-state index >= 15 is 0 Å². The highest BCUT2D eigenvalue weighted by atomic mass is 19.1. The highest BCUT2D eigenvalue weighted by molar-refractivity contribution is 5.95. The van der Waals surface area contributed by atoms with Crippen LogP contribution in [-0.4, -0.2) is 52.2 Å². The molecular formula is C21H20FN5O3. The van der Waals surface area contributed by atoms with Crippen LogP contribution >= 0.6 is 0 Å². The number of hydrogen-bond donors (Lipinski definition) is 3. The zero-order valence-corrected chi connectivity index (χ0v) is 16.0. The van der Waals surface area contributed by atoms with E-state index in [1.807, 2.05) is 0 Å². The van der Waals surface area contributed by atoms with Crippen molar-refractivity contribution in [2.45, 2.75) is 0 Å². The highest BCUT2D eigenvalue weighted by Crippen LogP contribution is 2.23. The van der Waals surface area contributed by atoms with Crippen LogP contribution in [0.3, 0.4) is 0 Å². The second kappa shape index (κ2) is 8.75. The summed E-state index contributed by atoms with van der Waals surface area (Å²) in [4.78, 5) is 22.5. The number of nitrogens with zero attached hydrogens (tertiary/aromatic N) is 3. The van der Waals surface area contributed by atoms with Gasteiger partial charge < -0.3 is 25.4 Å². The van der Waals surface area contributed by atoms with E-state index in [0.717, 1.165) is 6.20 Å². The van der Waals surface area contributed by atoms with Crippen LogP contribution in [0, 0.1) is 5.82 Å². The Morgan fingerprint density at radius 3 is 2.57 bits per heavy atom. The molecule has 0 aliphatic carbocycles. The largest absolute Gasteiger partial charge is 0.508 e. The van der Waals surface area contributed by atoms with E-state index in [1.54, 1.807) is 41.3 Å². The van der Waals surface area contributed by atoms with Gasteiger partial charge in [0.05, 0.1) is 19.4 Å². The summed E-state index contributed by atoms with van der Waals surface area (Å²) in [6.07, 6.45) is 1.04. The maximum atomic E-state index is 14.1. The summed E-state index contributed by atoms with van der Waals surface area (Å²) in [7, 11) is 0. The van der Waals surface area contributed by atoms with Crippen LogP contribution < -0.4 is 10.6 Å². The van der Waals surface area contributed by atoms with Gasteiger partial charge in [-0.15, -0.1) is 0 Å². The fourth-order valence-electron chi connectivity index (χ4n) is 3.04. The van der Waals surface area contributed by atoms with E-state index in [2.05, 4.69) is 20.6 Å². The standard InChI is InChI=1S/C21H20FN5O3/c22-18-13-23-21(26-19(18)24-16-5-2-6-17(28)12-16)25-15-4-1-3-14(11-15)20(29)27-7-9-30-10-8-27/h1-6,11-13,28H,7-10H2,(H2,23,24,25,26). The summed E-state index contributed by atoms with van der Waals surface area (Å²) >= 11 is 0. The first-order valence-corrected chi connectivity index (χ1v) is 9.41. The molecule has 0 unspecified atom stereocenters. The van der Waals surface area contributed by atoms with Crippen molar-refractivity contribution in [3.63, 3.8) is 0 Å². The monoisotopic (exact) mass is 409 g/mol. The molecule has 2 heterocycles. The average molecular weight is 409 g/mol. The van der Waals surface area contributed by atoms with Crippen LogP contribution in [0.4, 0.5) is 27.5 Å². The Labute approximate surface area is 172 Å². The number of halogens is 1. The Hall–Kier alpha value is -3.72. The molecule has 0 atom stereocenters. The van der Waals surface area contributed by atoms with E-state index in [4.69, 9.17) is 4.74 Å². The number of anilines is 4. The lowest BCUT2D eigenvalue weighted by Crippen LogP contribution is -2.40. The number of carbonyl (C=O) groups excluding carboxylic acids is 1. The van der Waals surface area contributed by atoms with Gasteiger partial charge in [0.15, 0.2) is 11.6 Å². The lowest BCUT2D eigenvalue weighted by Gasteiger charge is -2.27. The first-order valence-electron chi connectivity index (χ1n) is 9.41. The number of aromatic nitrogens is 2. The smallest absolute Gasteiger partial charge is 0.254 e. The average Bonchev–Trinajstić information content (AvgIpc) is 2.76. The van der Waals surface area contributed by atoms with Crippen molar-refractivity contribution in [1.29, 1.82) is 0 Å². The van der Waals surface area contributed by atoms with Gasteiger partial charge in [-0.25, -0.2) is 9.37 Å². The number of amides is 1. The molecule has 2 aromatic carbocycles. The van der Waals surface area contributed by atoms with Crippen LogP contribution in [-0.2, 0) is 4.74 Å². The van der Waals surface area contributed by atoms with Gasteiger partial charge in [0.2, 0.25) is 5.95 Å². The number of morpholine rings is 1. The molecule has 1 fully saturated rings. The molecule has 154 valence electrons. The summed E-state index contributed by atoms with van der Waals surface area (Å²) in [5.74, 6) is -0.545. The summed E-state index contributed by atoms with van der Waals surface area (Å²) < 4.78 is 19.4. The predicted octanol–water partition coefficient (Wildman–Crippen LogP) is 3.28. The number of hydrogen-bond acceptors (Lipinski definition) is 7. The van der Waals surface area contributed by atoms with Crippen molar-refractivity contribution < 1.29 is 19.0 Å². The zero-order chi connectivity index (χ0) is 20.9. The number of phenolic OH excluding ortho intramolecular Hbond substituents is 1. The molecule has 1 saturated heterocycles. The van der Waals surface area contributed by atoms with E-state index in [0.29, 0.717) is 43.2 Å². The molecule has 0 bridgehead atoms. The van der Waals surface area contributed by atoms with Gasteiger partial charge in [-0.05, 0) is 30.3 Å². The summed E-state index contributed by atoms with van der Waals surface area (Å²) in [6, 6.07) is 13.2. The molecule has 1 aromatic heterocycles. The lowest BCUT2D eigenvalue weighted by molar-refractivity contribution is 0.0303. The van der Waals surface area contributed by atoms with Crippen LogP contribution in [0.1, 0.15) is 10.4 Å². The Morgan fingerprint density at radius 1 is 1.07 bits per heavy atom. The molecule has 3 N–H and O–H groups in total. The minimum absolute atomic E-state index is 0.0429. The topological polar surface area (TPSA) is 99.6 Å². The van der Waals surface area contributed by atoms with E-state index < -0.39 is 5.82 Å². The number of nitrogens with one attached hydrogen (secondary N) is 2. The van der Waals surface area contributed by atoms with Gasteiger partial charge in [-0.2, -0.15) is 4.98 Å². The van der Waals surface area contributed by atoms with Crippen LogP contribution in [0.5, 0.6) is 5.75 Å². The van der Waals surface area contributed by atoms with Gasteiger partial charge in [0.1, 0.15) is 5.75 Å². The number of rotatable bonds is 5. The minimum atomic E-state index is -0.639. The third-order valence-electron chi connectivity index (χ3n) is 4.52. The second-order valence-electron chi connectivity index (χ2n) is 6.68. The Morgan fingerprint density at radius 2 is 1.80 bits per heavy atom. The van der Waals surface area contributed by atoms with Crippen molar-refractivity contribution in [2.24, 2.45) is 0 Å². The zero-order valence-electron chi connectivity index (χ0n) is 16.0. The second-order valence-corrected chi connectivity index (χ2v) is 6.68. The molecular weight excluding hydrogens is 389 g/mol. The first kappa shape index (κ1) is 19.6. The molecule has 0 spiro atoms. The summed E-state index contributed by atoms with van der Waals surface area (Å²) in [5, 5.41) is 15.4. The molecule has 3 aromatic rings. The predicted molar refractivity (Wildman–Crippen MR) is 110 cm³/mol. The van der Waals surface area contributed by atoms with Crippen molar-refractivity contribution in [3.8, 4) is 5.75 Å². The quantitative estimate of drug-likeness (QED) is 0.595. The number of benzene rings is 2. The van der Waals surface area contributed by atoms with Crippen LogP contribution in [0.15, 0.2) is 54.7 Å². The first-order chi connectivity index (χ1) is 14.6. The van der Waals surface area contributed by atoms with Crippen molar-refractivity contribution >= 4 is 29.0 Å². The van der Waals surface area contributed by atoms with Crippen molar-refractivity contribution in [1.82, 2.24) is 14.9 Å². The SMILES string of the molecule is O=C(c1cccc(Nc2ncc(F)c(Nc3cccc(O)c3)n2)c1)N1CCOCC1. The van der Waals surface area contributed by atoms with Crippen molar-refractivity contribution in [2.75, 3.05) is 36.9 Å². The molecule has 0 saturated carbocycles. The van der Waals surface area contributed by atoms with Gasteiger partial charge in [-0.1, -0.05) is 12.1 Å². The molecule has 4 rings (SSSR count). The fraction of sp³-hybridized carbons (Fsp3) is 0.190. The normalized spacial score (nSPS) is 13.7. The number of ether oxygens (including phenoxy) is 1. The molecule has 1 aliphatic rings. The van der Waals surface area contributed by atoms with Gasteiger partial charge in [0.25, 0.3) is 5.91 Å². The van der Waals surface area contributed by atoms with E-state index in [-0.39, 0.29) is 23.4 Å². The number of phenols is 1. The molecule has 1 amide bonds. The lowest BCUT2D eigenvalue weighted by atomic mass is 10.1. The third kappa shape index (κ3) is 4.64. The minimum Gasteiger partial charge on any atom is -0.508 e. The van der Waals surface area contributed by atoms with E-state index in [1.165, 1.54) is 12.1 Å². The fourth-order valence-corrected chi connectivity index (χ4v) is 3.04. The number of aromatic hydroxyl groups is 1. The number of carbonyl (C=O) groups is 1. The summed E-state index contributed by atoms with van der Waals surface area (Å²) in [6.45, 7) is 2.17. The molecule has 8 nitrogen and oxygen atoms in total. The maximum absolute atomic E-state index is 14.1.